The molecule has 1 saturated heterocycles. The number of rotatable bonds is 2. The molecule has 0 spiro atoms. The van der Waals surface area contributed by atoms with Crippen molar-refractivity contribution in [1.29, 1.82) is 0 Å². The maximum absolute atomic E-state index is 13.0. The van der Waals surface area contributed by atoms with Gasteiger partial charge in [-0.2, -0.15) is 0 Å². The van der Waals surface area contributed by atoms with E-state index in [0.717, 1.165) is 24.1 Å². The van der Waals surface area contributed by atoms with Crippen LogP contribution in [-0.2, 0) is 16.0 Å². The molecule has 1 unspecified atom stereocenters. The summed E-state index contributed by atoms with van der Waals surface area (Å²) in [4.78, 5) is 29.2. The maximum atomic E-state index is 13.0. The molecular weight excluding hydrogens is 360 g/mol. The van der Waals surface area contributed by atoms with Crippen LogP contribution in [0.3, 0.4) is 0 Å². The lowest BCUT2D eigenvalue weighted by Gasteiger charge is -2.44. The van der Waals surface area contributed by atoms with Crippen molar-refractivity contribution in [2.75, 3.05) is 19.6 Å². The first-order chi connectivity index (χ1) is 13.0. The highest BCUT2D eigenvalue weighted by Crippen LogP contribution is 2.33. The van der Waals surface area contributed by atoms with Crippen LogP contribution >= 0.6 is 11.6 Å². The number of nitrogens with zero attached hydrogens (tertiary/aromatic N) is 2. The molecule has 5 heteroatoms. The predicted octanol–water partition coefficient (Wildman–Crippen LogP) is 3.71. The van der Waals surface area contributed by atoms with E-state index in [9.17, 15) is 9.59 Å². The first-order valence-electron chi connectivity index (χ1n) is 9.13. The number of piperazine rings is 1. The monoisotopic (exact) mass is 380 g/mol. The summed E-state index contributed by atoms with van der Waals surface area (Å²) in [5.41, 5.74) is 3.96. The zero-order valence-corrected chi connectivity index (χ0v) is 15.9. The highest BCUT2D eigenvalue weighted by molar-refractivity contribution is 6.30. The zero-order valence-electron chi connectivity index (χ0n) is 15.2. The van der Waals surface area contributed by atoms with E-state index in [1.807, 2.05) is 35.2 Å². The normalized spacial score (nSPS) is 19.6. The molecule has 2 aliphatic rings. The lowest BCUT2D eigenvalue weighted by Crippen LogP contribution is -2.55. The van der Waals surface area contributed by atoms with E-state index in [-0.39, 0.29) is 24.4 Å². The lowest BCUT2D eigenvalue weighted by atomic mass is 9.90. The molecule has 2 aliphatic heterocycles. The number of fused-ring (bicyclic) bond motifs is 3. The third-order valence-electron chi connectivity index (χ3n) is 5.33. The van der Waals surface area contributed by atoms with Crippen LogP contribution in [0.25, 0.3) is 6.08 Å². The largest absolute Gasteiger partial charge is 0.332 e. The average molecular weight is 381 g/mol. The molecule has 0 saturated carbocycles. The molecule has 138 valence electrons. The van der Waals surface area contributed by atoms with Crippen LogP contribution in [-0.4, -0.2) is 41.2 Å². The van der Waals surface area contributed by atoms with E-state index in [1.54, 1.807) is 24.0 Å². The summed E-state index contributed by atoms with van der Waals surface area (Å²) in [7, 11) is 0. The van der Waals surface area contributed by atoms with Gasteiger partial charge in [-0.3, -0.25) is 9.59 Å². The molecular formula is C22H21ClN2O2. The molecule has 4 nitrogen and oxygen atoms in total. The van der Waals surface area contributed by atoms with Gasteiger partial charge in [-0.05, 0) is 48.2 Å². The van der Waals surface area contributed by atoms with Gasteiger partial charge in [0.1, 0.15) is 6.54 Å². The van der Waals surface area contributed by atoms with E-state index < -0.39 is 0 Å². The Morgan fingerprint density at radius 1 is 1.15 bits per heavy atom. The number of carbonyl (C=O) groups is 2. The fourth-order valence-corrected chi connectivity index (χ4v) is 4.08. The van der Waals surface area contributed by atoms with Crippen molar-refractivity contribution in [1.82, 2.24) is 9.80 Å². The fraction of sp³-hybridized carbons (Fsp3) is 0.273. The van der Waals surface area contributed by atoms with Gasteiger partial charge in [0.25, 0.3) is 0 Å². The number of hydrogen-bond donors (Lipinski definition) is 0. The summed E-state index contributed by atoms with van der Waals surface area (Å²) >= 11 is 5.92. The Hall–Kier alpha value is -2.59. The first kappa shape index (κ1) is 17.8. The Morgan fingerprint density at radius 3 is 2.67 bits per heavy atom. The summed E-state index contributed by atoms with van der Waals surface area (Å²) in [6.45, 7) is 3.20. The number of amides is 2. The Morgan fingerprint density at radius 2 is 1.89 bits per heavy atom. The Bertz CT molecular complexity index is 920. The van der Waals surface area contributed by atoms with Crippen LogP contribution < -0.4 is 0 Å². The Balaban J connectivity index is 1.57. The van der Waals surface area contributed by atoms with Crippen LogP contribution in [0, 0.1) is 0 Å². The van der Waals surface area contributed by atoms with Crippen molar-refractivity contribution in [2.45, 2.75) is 19.4 Å². The smallest absolute Gasteiger partial charge is 0.250 e. The minimum absolute atomic E-state index is 0.0217. The lowest BCUT2D eigenvalue weighted by molar-refractivity contribution is -0.147. The van der Waals surface area contributed by atoms with Crippen LogP contribution in [0.2, 0.25) is 5.02 Å². The molecule has 2 heterocycles. The van der Waals surface area contributed by atoms with Gasteiger partial charge < -0.3 is 9.80 Å². The molecule has 0 radical (unpaired) electrons. The molecule has 4 rings (SSSR count). The predicted molar refractivity (Wildman–Crippen MR) is 106 cm³/mol. The second-order valence-corrected chi connectivity index (χ2v) is 7.55. The molecule has 0 N–H and O–H groups in total. The van der Waals surface area contributed by atoms with E-state index in [1.165, 1.54) is 5.56 Å². The van der Waals surface area contributed by atoms with Gasteiger partial charge in [0.15, 0.2) is 0 Å². The van der Waals surface area contributed by atoms with E-state index in [4.69, 9.17) is 11.6 Å². The van der Waals surface area contributed by atoms with Crippen molar-refractivity contribution in [2.24, 2.45) is 0 Å². The van der Waals surface area contributed by atoms with Crippen LogP contribution in [0.4, 0.5) is 0 Å². The molecule has 2 aromatic carbocycles. The Kier molecular flexibility index (Phi) is 4.75. The summed E-state index contributed by atoms with van der Waals surface area (Å²) in [5, 5.41) is 0.661. The van der Waals surface area contributed by atoms with Gasteiger partial charge >= 0.3 is 0 Å². The molecule has 2 amide bonds. The van der Waals surface area contributed by atoms with Gasteiger partial charge in [0.05, 0.1) is 6.04 Å². The topological polar surface area (TPSA) is 40.6 Å². The second-order valence-electron chi connectivity index (χ2n) is 7.12. The highest BCUT2D eigenvalue weighted by Gasteiger charge is 2.38. The summed E-state index contributed by atoms with van der Waals surface area (Å²) in [6, 6.07) is 15.5. The minimum Gasteiger partial charge on any atom is -0.332 e. The zero-order chi connectivity index (χ0) is 19.0. The third kappa shape index (κ3) is 3.50. The van der Waals surface area contributed by atoms with Crippen LogP contribution in [0.1, 0.15) is 29.7 Å². The molecule has 0 bridgehead atoms. The van der Waals surface area contributed by atoms with Crippen molar-refractivity contribution < 1.29 is 9.59 Å². The number of carbonyl (C=O) groups excluding carboxylic acids is 2. The van der Waals surface area contributed by atoms with Gasteiger partial charge in [0.2, 0.25) is 11.8 Å². The van der Waals surface area contributed by atoms with E-state index >= 15 is 0 Å². The van der Waals surface area contributed by atoms with E-state index in [2.05, 4.69) is 12.1 Å². The van der Waals surface area contributed by atoms with Gasteiger partial charge in [-0.1, -0.05) is 48.0 Å². The standard InChI is InChI=1S/C22H21ClN2O2/c1-15(12-16-6-8-18(23)9-7-16)22(27)24-13-20-19-5-3-2-4-17(19)10-11-25(20)21(26)14-24/h2-9,12,20H,10-11,13-14H2,1H3/b15-12+. The average Bonchev–Trinajstić information content (AvgIpc) is 2.68. The molecule has 2 aromatic rings. The minimum atomic E-state index is -0.0963. The summed E-state index contributed by atoms with van der Waals surface area (Å²) in [5.74, 6) is -0.0746. The number of halogens is 1. The van der Waals surface area contributed by atoms with Crippen LogP contribution in [0.15, 0.2) is 54.1 Å². The first-order valence-corrected chi connectivity index (χ1v) is 9.51. The van der Waals surface area contributed by atoms with Crippen LogP contribution in [0.5, 0.6) is 0 Å². The molecule has 0 aliphatic carbocycles. The van der Waals surface area contributed by atoms with Crippen molar-refractivity contribution in [3.8, 4) is 0 Å². The van der Waals surface area contributed by atoms with Crippen molar-refractivity contribution in [3.05, 3.63) is 75.8 Å². The van der Waals surface area contributed by atoms with Gasteiger partial charge in [0, 0.05) is 23.7 Å². The fourth-order valence-electron chi connectivity index (χ4n) is 3.95. The molecule has 27 heavy (non-hydrogen) atoms. The quantitative estimate of drug-likeness (QED) is 0.745. The molecule has 0 aromatic heterocycles. The second kappa shape index (κ2) is 7.20. The molecule has 1 fully saturated rings. The third-order valence-corrected chi connectivity index (χ3v) is 5.58. The molecule has 1 atom stereocenters. The van der Waals surface area contributed by atoms with Crippen molar-refractivity contribution in [3.63, 3.8) is 0 Å². The van der Waals surface area contributed by atoms with E-state index in [0.29, 0.717) is 17.1 Å². The summed E-state index contributed by atoms with van der Waals surface area (Å²) in [6.07, 6.45) is 2.71. The maximum Gasteiger partial charge on any atom is 0.250 e. The highest BCUT2D eigenvalue weighted by atomic mass is 35.5. The van der Waals surface area contributed by atoms with Gasteiger partial charge in [-0.25, -0.2) is 0 Å². The number of benzene rings is 2. The SMILES string of the molecule is C/C(=C\c1ccc(Cl)cc1)C(=O)N1CC(=O)N2CCc3ccccc3C2C1. The number of hydrogen-bond acceptors (Lipinski definition) is 2. The van der Waals surface area contributed by atoms with Crippen molar-refractivity contribution >= 4 is 29.5 Å². The summed E-state index contributed by atoms with van der Waals surface area (Å²) < 4.78 is 0. The Labute approximate surface area is 164 Å². The van der Waals surface area contributed by atoms with Gasteiger partial charge in [-0.15, -0.1) is 0 Å².